The Kier molecular flexibility index (Phi) is 2.11. The van der Waals surface area contributed by atoms with E-state index < -0.39 is 0 Å². The summed E-state index contributed by atoms with van der Waals surface area (Å²) < 4.78 is 0. The number of alkyl halides is 1. The normalized spacial score (nSPS) is 45.8. The van der Waals surface area contributed by atoms with Gasteiger partial charge in [0.05, 0.1) is 0 Å². The van der Waals surface area contributed by atoms with Gasteiger partial charge in [0.15, 0.2) is 0 Å². The van der Waals surface area contributed by atoms with E-state index in [9.17, 15) is 0 Å². The third kappa shape index (κ3) is 1.29. The molecule has 0 N–H and O–H groups in total. The van der Waals surface area contributed by atoms with Crippen LogP contribution in [-0.4, -0.2) is 29.4 Å². The maximum atomic E-state index is 6.27. The molecule has 11 heavy (non-hydrogen) atoms. The zero-order valence-electron chi connectivity index (χ0n) is 7.09. The van der Waals surface area contributed by atoms with Crippen molar-refractivity contribution in [1.82, 2.24) is 4.90 Å². The largest absolute Gasteiger partial charge is 0.299 e. The van der Waals surface area contributed by atoms with E-state index in [4.69, 9.17) is 11.6 Å². The third-order valence-corrected chi connectivity index (χ3v) is 3.84. The molecule has 2 bridgehead atoms. The van der Waals surface area contributed by atoms with E-state index in [-0.39, 0.29) is 0 Å². The minimum Gasteiger partial charge on any atom is -0.299 e. The smallest absolute Gasteiger partial charge is 0.0491 e. The van der Waals surface area contributed by atoms with Crippen LogP contribution in [0.25, 0.3) is 0 Å². The summed E-state index contributed by atoms with van der Waals surface area (Å²) in [6.45, 7) is 0. The van der Waals surface area contributed by atoms with Crippen LogP contribution in [0.2, 0.25) is 0 Å². The quantitative estimate of drug-likeness (QED) is 0.508. The monoisotopic (exact) mass is 173 g/mol. The van der Waals surface area contributed by atoms with Crippen molar-refractivity contribution < 1.29 is 0 Å². The van der Waals surface area contributed by atoms with E-state index in [0.717, 1.165) is 6.04 Å². The highest BCUT2D eigenvalue weighted by Crippen LogP contribution is 2.35. The second-order valence-electron chi connectivity index (χ2n) is 3.91. The van der Waals surface area contributed by atoms with Crippen molar-refractivity contribution in [3.8, 4) is 0 Å². The van der Waals surface area contributed by atoms with Gasteiger partial charge in [-0.1, -0.05) is 6.42 Å². The van der Waals surface area contributed by atoms with Crippen molar-refractivity contribution in [2.24, 2.45) is 0 Å². The zero-order chi connectivity index (χ0) is 7.84. The highest BCUT2D eigenvalue weighted by atomic mass is 35.5. The number of hydrogen-bond donors (Lipinski definition) is 0. The maximum absolute atomic E-state index is 6.27. The van der Waals surface area contributed by atoms with Gasteiger partial charge in [0.2, 0.25) is 0 Å². The molecule has 0 radical (unpaired) electrons. The Morgan fingerprint density at radius 1 is 1.18 bits per heavy atom. The molecule has 2 aliphatic heterocycles. The first-order chi connectivity index (χ1) is 5.29. The van der Waals surface area contributed by atoms with Crippen molar-refractivity contribution in [3.05, 3.63) is 0 Å². The first-order valence-corrected chi connectivity index (χ1v) is 5.08. The second-order valence-corrected chi connectivity index (χ2v) is 4.47. The van der Waals surface area contributed by atoms with Gasteiger partial charge in [0, 0.05) is 17.5 Å². The third-order valence-electron chi connectivity index (χ3n) is 3.33. The Morgan fingerprint density at radius 3 is 2.82 bits per heavy atom. The summed E-state index contributed by atoms with van der Waals surface area (Å²) in [5, 5.41) is 0.424. The lowest BCUT2D eigenvalue weighted by atomic mass is 10.0. The molecule has 64 valence electrons. The predicted molar refractivity (Wildman–Crippen MR) is 48.1 cm³/mol. The Morgan fingerprint density at radius 2 is 2.00 bits per heavy atom. The van der Waals surface area contributed by atoms with Crippen molar-refractivity contribution >= 4 is 11.6 Å². The van der Waals surface area contributed by atoms with Crippen LogP contribution in [0.3, 0.4) is 0 Å². The average molecular weight is 174 g/mol. The molecule has 0 amide bonds. The average Bonchev–Trinajstić information content (AvgIpc) is 2.23. The van der Waals surface area contributed by atoms with Crippen LogP contribution in [0.15, 0.2) is 0 Å². The molecule has 1 nitrogen and oxygen atoms in total. The molecule has 2 heteroatoms. The molecule has 2 saturated heterocycles. The summed E-state index contributed by atoms with van der Waals surface area (Å²) in [5.41, 5.74) is 0. The Bertz CT molecular complexity index is 148. The Balaban J connectivity index is 2.12. The molecular weight excluding hydrogens is 158 g/mol. The first kappa shape index (κ1) is 7.88. The number of fused-ring (bicyclic) bond motifs is 2. The lowest BCUT2D eigenvalue weighted by Crippen LogP contribution is -2.35. The summed E-state index contributed by atoms with van der Waals surface area (Å²) >= 11 is 6.27. The molecule has 0 unspecified atom stereocenters. The van der Waals surface area contributed by atoms with E-state index in [1.807, 2.05) is 0 Å². The van der Waals surface area contributed by atoms with Crippen LogP contribution < -0.4 is 0 Å². The van der Waals surface area contributed by atoms with E-state index >= 15 is 0 Å². The highest BCUT2D eigenvalue weighted by Gasteiger charge is 2.36. The molecular formula is C9H16ClN. The van der Waals surface area contributed by atoms with Gasteiger partial charge in [-0.2, -0.15) is 0 Å². The lowest BCUT2D eigenvalue weighted by molar-refractivity contribution is 0.246. The fourth-order valence-electron chi connectivity index (χ4n) is 2.57. The number of halogens is 1. The van der Waals surface area contributed by atoms with Crippen molar-refractivity contribution in [3.63, 3.8) is 0 Å². The summed E-state index contributed by atoms with van der Waals surface area (Å²) in [6.07, 6.45) is 6.64. The fourth-order valence-corrected chi connectivity index (χ4v) is 3.02. The summed E-state index contributed by atoms with van der Waals surface area (Å²) in [7, 11) is 2.24. The standard InChI is InChI=1S/C9H16ClN/c1-11-7-3-2-4-8(10)9(11)6-5-7/h7-9H,2-6H2,1H3/t7-,8+,9-/m1/s1. The molecule has 2 rings (SSSR count). The van der Waals surface area contributed by atoms with Gasteiger partial charge < -0.3 is 0 Å². The molecule has 2 fully saturated rings. The van der Waals surface area contributed by atoms with Gasteiger partial charge in [-0.3, -0.25) is 4.90 Å². The summed E-state index contributed by atoms with van der Waals surface area (Å²) in [4.78, 5) is 2.50. The highest BCUT2D eigenvalue weighted by molar-refractivity contribution is 6.21. The minimum absolute atomic E-state index is 0.424. The predicted octanol–water partition coefficient (Wildman–Crippen LogP) is 2.24. The van der Waals surface area contributed by atoms with Crippen molar-refractivity contribution in [1.29, 1.82) is 0 Å². The van der Waals surface area contributed by atoms with E-state index in [1.54, 1.807) is 0 Å². The second kappa shape index (κ2) is 2.95. The minimum atomic E-state index is 0.424. The molecule has 0 spiro atoms. The number of hydrogen-bond acceptors (Lipinski definition) is 1. The van der Waals surface area contributed by atoms with Gasteiger partial charge in [-0.05, 0) is 32.7 Å². The van der Waals surface area contributed by atoms with Gasteiger partial charge in [0.1, 0.15) is 0 Å². The van der Waals surface area contributed by atoms with Gasteiger partial charge >= 0.3 is 0 Å². The van der Waals surface area contributed by atoms with E-state index in [1.165, 1.54) is 32.1 Å². The van der Waals surface area contributed by atoms with Crippen LogP contribution in [0.4, 0.5) is 0 Å². The van der Waals surface area contributed by atoms with Crippen molar-refractivity contribution in [2.45, 2.75) is 49.6 Å². The van der Waals surface area contributed by atoms with Crippen molar-refractivity contribution in [2.75, 3.05) is 7.05 Å². The molecule has 0 aromatic carbocycles. The SMILES string of the molecule is CN1[C@@H]2CCC[C@H](Cl)[C@H]1CC2. The number of rotatable bonds is 0. The summed E-state index contributed by atoms with van der Waals surface area (Å²) in [6, 6.07) is 1.54. The molecule has 0 aliphatic carbocycles. The summed E-state index contributed by atoms with van der Waals surface area (Å²) in [5.74, 6) is 0. The van der Waals surface area contributed by atoms with Gasteiger partial charge in [-0.15, -0.1) is 11.6 Å². The van der Waals surface area contributed by atoms with Crippen LogP contribution >= 0.6 is 11.6 Å². The topological polar surface area (TPSA) is 3.24 Å². The van der Waals surface area contributed by atoms with Crippen LogP contribution in [-0.2, 0) is 0 Å². The Hall–Kier alpha value is 0.250. The van der Waals surface area contributed by atoms with Gasteiger partial charge in [-0.25, -0.2) is 0 Å². The first-order valence-electron chi connectivity index (χ1n) is 4.65. The maximum Gasteiger partial charge on any atom is 0.0491 e. The molecule has 2 aliphatic rings. The van der Waals surface area contributed by atoms with E-state index in [2.05, 4.69) is 11.9 Å². The molecule has 0 aromatic heterocycles. The molecule has 2 heterocycles. The molecule has 0 saturated carbocycles. The lowest BCUT2D eigenvalue weighted by Gasteiger charge is -2.24. The molecule has 3 atom stereocenters. The van der Waals surface area contributed by atoms with Gasteiger partial charge in [0.25, 0.3) is 0 Å². The fraction of sp³-hybridized carbons (Fsp3) is 1.00. The van der Waals surface area contributed by atoms with Crippen LogP contribution in [0, 0.1) is 0 Å². The zero-order valence-corrected chi connectivity index (χ0v) is 7.85. The Labute approximate surface area is 73.7 Å². The molecule has 0 aromatic rings. The van der Waals surface area contributed by atoms with Crippen LogP contribution in [0.1, 0.15) is 32.1 Å². The van der Waals surface area contributed by atoms with E-state index in [0.29, 0.717) is 11.4 Å². The van der Waals surface area contributed by atoms with Crippen LogP contribution in [0.5, 0.6) is 0 Å². The number of nitrogens with zero attached hydrogens (tertiary/aromatic N) is 1.